The largest absolute Gasteiger partial charge is 0.496 e. The zero-order valence-electron chi connectivity index (χ0n) is 13.8. The number of nitrogens with zero attached hydrogens (tertiary/aromatic N) is 2. The van der Waals surface area contributed by atoms with E-state index < -0.39 is 0 Å². The molecule has 2 aliphatic rings. The maximum Gasteiger partial charge on any atom is 0.127 e. The van der Waals surface area contributed by atoms with E-state index in [9.17, 15) is 0 Å². The highest BCUT2D eigenvalue weighted by atomic mass is 16.5. The zero-order chi connectivity index (χ0) is 15.9. The van der Waals surface area contributed by atoms with Gasteiger partial charge in [0.1, 0.15) is 25.4 Å². The molecule has 126 valence electrons. The predicted octanol–water partition coefficient (Wildman–Crippen LogP) is -0.224. The zero-order valence-corrected chi connectivity index (χ0v) is 13.8. The molecule has 2 aliphatic heterocycles. The number of hydrazone groups is 1. The third-order valence-electron chi connectivity index (χ3n) is 4.30. The highest BCUT2D eigenvalue weighted by molar-refractivity contribution is 5.80. The van der Waals surface area contributed by atoms with E-state index in [2.05, 4.69) is 22.2 Å². The molecule has 6 heteroatoms. The average molecular weight is 320 g/mol. The van der Waals surface area contributed by atoms with Gasteiger partial charge in [-0.05, 0) is 23.8 Å². The van der Waals surface area contributed by atoms with Crippen molar-refractivity contribution in [2.75, 3.05) is 59.7 Å². The van der Waals surface area contributed by atoms with Crippen molar-refractivity contribution in [3.8, 4) is 5.75 Å². The normalized spacial score (nSPS) is 20.1. The molecule has 2 heterocycles. The van der Waals surface area contributed by atoms with Gasteiger partial charge in [0, 0.05) is 5.56 Å². The molecule has 0 aliphatic carbocycles. The van der Waals surface area contributed by atoms with E-state index in [0.29, 0.717) is 0 Å². The molecule has 23 heavy (non-hydrogen) atoms. The number of hydrogen-bond donors (Lipinski definition) is 1. The first kappa shape index (κ1) is 16.2. The Kier molecular flexibility index (Phi) is 5.85. The van der Waals surface area contributed by atoms with E-state index in [1.807, 2.05) is 12.3 Å². The first-order chi connectivity index (χ1) is 11.3. The molecule has 0 radical (unpaired) electrons. The summed E-state index contributed by atoms with van der Waals surface area (Å²) in [4.78, 5) is 1.54. The van der Waals surface area contributed by atoms with Gasteiger partial charge in [-0.15, -0.1) is 0 Å². The first-order valence-electron chi connectivity index (χ1n) is 8.30. The van der Waals surface area contributed by atoms with Gasteiger partial charge in [0.2, 0.25) is 0 Å². The van der Waals surface area contributed by atoms with Gasteiger partial charge < -0.3 is 19.1 Å². The van der Waals surface area contributed by atoms with Gasteiger partial charge in [0.15, 0.2) is 0 Å². The van der Waals surface area contributed by atoms with Gasteiger partial charge in [-0.25, -0.2) is 0 Å². The number of morpholine rings is 2. The number of quaternary nitrogens is 1. The topological polar surface area (TPSA) is 47.7 Å². The van der Waals surface area contributed by atoms with Crippen LogP contribution in [0.5, 0.6) is 5.75 Å². The van der Waals surface area contributed by atoms with Gasteiger partial charge in [0.25, 0.3) is 0 Å². The van der Waals surface area contributed by atoms with E-state index >= 15 is 0 Å². The highest BCUT2D eigenvalue weighted by Gasteiger charge is 2.17. The van der Waals surface area contributed by atoms with E-state index in [0.717, 1.165) is 70.5 Å². The fourth-order valence-electron chi connectivity index (χ4n) is 2.94. The van der Waals surface area contributed by atoms with Crippen LogP contribution in [0.3, 0.4) is 0 Å². The van der Waals surface area contributed by atoms with Crippen molar-refractivity contribution in [2.45, 2.75) is 6.54 Å². The molecule has 1 aromatic carbocycles. The summed E-state index contributed by atoms with van der Waals surface area (Å²) in [7, 11) is 1.73. The summed E-state index contributed by atoms with van der Waals surface area (Å²) in [5.74, 6) is 0.951. The van der Waals surface area contributed by atoms with Crippen LogP contribution in [0.2, 0.25) is 0 Å². The molecule has 0 atom stereocenters. The Balaban J connectivity index is 1.68. The third kappa shape index (κ3) is 4.67. The van der Waals surface area contributed by atoms with Gasteiger partial charge in [-0.3, -0.25) is 5.01 Å². The maximum absolute atomic E-state index is 5.52. The lowest BCUT2D eigenvalue weighted by atomic mass is 10.1. The number of rotatable bonds is 5. The van der Waals surface area contributed by atoms with Crippen LogP contribution in [0.25, 0.3) is 0 Å². The van der Waals surface area contributed by atoms with Crippen molar-refractivity contribution in [1.29, 1.82) is 0 Å². The van der Waals surface area contributed by atoms with Crippen molar-refractivity contribution < 1.29 is 19.1 Å². The maximum atomic E-state index is 5.52. The van der Waals surface area contributed by atoms with Crippen LogP contribution in [-0.4, -0.2) is 70.9 Å². The van der Waals surface area contributed by atoms with Gasteiger partial charge in [-0.2, -0.15) is 5.10 Å². The number of benzene rings is 1. The molecular weight excluding hydrogens is 294 g/mol. The molecule has 1 aromatic rings. The SMILES string of the molecule is COc1ccc(C=NN2CCOCC2)cc1C[NH+]1CCOCC1. The van der Waals surface area contributed by atoms with Crippen molar-refractivity contribution in [2.24, 2.45) is 5.10 Å². The molecule has 2 saturated heterocycles. The molecule has 0 bridgehead atoms. The summed E-state index contributed by atoms with van der Waals surface area (Å²) in [5.41, 5.74) is 2.34. The quantitative estimate of drug-likeness (QED) is 0.762. The number of ether oxygens (including phenoxy) is 3. The monoisotopic (exact) mass is 320 g/mol. The van der Waals surface area contributed by atoms with Crippen molar-refractivity contribution >= 4 is 6.21 Å². The second-order valence-electron chi connectivity index (χ2n) is 5.92. The first-order valence-corrected chi connectivity index (χ1v) is 8.30. The Labute approximate surface area is 137 Å². The summed E-state index contributed by atoms with van der Waals surface area (Å²) in [6.07, 6.45) is 1.93. The lowest BCUT2D eigenvalue weighted by Gasteiger charge is -2.24. The molecule has 6 nitrogen and oxygen atoms in total. The minimum Gasteiger partial charge on any atom is -0.496 e. The molecule has 3 rings (SSSR count). The Hall–Kier alpha value is -1.63. The summed E-state index contributed by atoms with van der Waals surface area (Å²) < 4.78 is 16.3. The molecule has 0 aromatic heterocycles. The molecule has 0 unspecified atom stereocenters. The van der Waals surface area contributed by atoms with Crippen LogP contribution in [0, 0.1) is 0 Å². The number of methoxy groups -OCH3 is 1. The predicted molar refractivity (Wildman–Crippen MR) is 88.2 cm³/mol. The van der Waals surface area contributed by atoms with Gasteiger partial charge >= 0.3 is 0 Å². The second kappa shape index (κ2) is 8.29. The third-order valence-corrected chi connectivity index (χ3v) is 4.30. The minimum atomic E-state index is 0.756. The molecule has 1 N–H and O–H groups in total. The smallest absolute Gasteiger partial charge is 0.127 e. The van der Waals surface area contributed by atoms with E-state index in [4.69, 9.17) is 14.2 Å². The fraction of sp³-hybridized carbons (Fsp3) is 0.588. The van der Waals surface area contributed by atoms with Crippen LogP contribution in [-0.2, 0) is 16.0 Å². The Bertz CT molecular complexity index is 524. The van der Waals surface area contributed by atoms with Gasteiger partial charge in [0.05, 0.1) is 52.8 Å². The summed E-state index contributed by atoms with van der Waals surface area (Å²) >= 11 is 0. The molecule has 0 amide bonds. The minimum absolute atomic E-state index is 0.756. The van der Waals surface area contributed by atoms with E-state index in [1.54, 1.807) is 7.11 Å². The Morgan fingerprint density at radius 3 is 2.65 bits per heavy atom. The molecule has 0 saturated carbocycles. The van der Waals surface area contributed by atoms with Crippen LogP contribution < -0.4 is 9.64 Å². The van der Waals surface area contributed by atoms with Crippen molar-refractivity contribution in [3.05, 3.63) is 29.3 Å². The Morgan fingerprint density at radius 2 is 1.91 bits per heavy atom. The van der Waals surface area contributed by atoms with Crippen LogP contribution in [0.1, 0.15) is 11.1 Å². The summed E-state index contributed by atoms with van der Waals surface area (Å²) in [6, 6.07) is 6.28. The van der Waals surface area contributed by atoms with Gasteiger partial charge in [-0.1, -0.05) is 0 Å². The molecular formula is C17H26N3O3+. The highest BCUT2D eigenvalue weighted by Crippen LogP contribution is 2.18. The molecule has 0 spiro atoms. The van der Waals surface area contributed by atoms with Crippen LogP contribution in [0.15, 0.2) is 23.3 Å². The van der Waals surface area contributed by atoms with Crippen molar-refractivity contribution in [1.82, 2.24) is 5.01 Å². The second-order valence-corrected chi connectivity index (χ2v) is 5.92. The van der Waals surface area contributed by atoms with E-state index in [-0.39, 0.29) is 0 Å². The van der Waals surface area contributed by atoms with E-state index in [1.165, 1.54) is 10.5 Å². The standard InChI is InChI=1S/C17H25N3O3/c1-21-17-3-2-15(13-18-20-6-10-23-11-7-20)12-16(17)14-19-4-8-22-9-5-19/h2-3,12-13H,4-11,14H2,1H3/p+1. The lowest BCUT2D eigenvalue weighted by molar-refractivity contribution is -0.921. The number of nitrogens with one attached hydrogen (secondary N) is 1. The lowest BCUT2D eigenvalue weighted by Crippen LogP contribution is -3.12. The van der Waals surface area contributed by atoms with Crippen LogP contribution in [0.4, 0.5) is 0 Å². The summed E-state index contributed by atoms with van der Waals surface area (Å²) in [5, 5.41) is 6.61. The van der Waals surface area contributed by atoms with Crippen molar-refractivity contribution in [3.63, 3.8) is 0 Å². The number of hydrogen-bond acceptors (Lipinski definition) is 5. The fourth-order valence-corrected chi connectivity index (χ4v) is 2.94. The average Bonchev–Trinajstić information content (AvgIpc) is 2.62. The Morgan fingerprint density at radius 1 is 1.17 bits per heavy atom. The summed E-state index contributed by atoms with van der Waals surface area (Å²) in [6.45, 7) is 7.98. The van der Waals surface area contributed by atoms with Crippen LogP contribution >= 0.6 is 0 Å². The molecule has 2 fully saturated rings.